The monoisotopic (exact) mass is 370 g/mol. The highest BCUT2D eigenvalue weighted by atomic mass is 19.4. The lowest BCUT2D eigenvalue weighted by Gasteiger charge is -2.15. The summed E-state index contributed by atoms with van der Waals surface area (Å²) in [5.41, 5.74) is 1.11. The lowest BCUT2D eigenvalue weighted by molar-refractivity contribution is -0.274. The number of amides is 2. The molecule has 1 aromatic heterocycles. The molecule has 10 heteroatoms. The maximum Gasteiger partial charge on any atom is 0.573 e. The van der Waals surface area contributed by atoms with Crippen LogP contribution in [0.1, 0.15) is 18.3 Å². The molecule has 0 fully saturated rings. The van der Waals surface area contributed by atoms with Crippen molar-refractivity contribution in [1.29, 1.82) is 0 Å². The molecule has 2 rings (SSSR count). The number of alkyl halides is 3. The minimum atomic E-state index is -4.87. The Bertz CT molecular complexity index is 774. The SMILES string of the molecule is CCOc1nc(C)c(NC(=O)Nc2ccccc2OC(F)(F)F)c(C)n1. The summed E-state index contributed by atoms with van der Waals surface area (Å²) in [5, 5.41) is 4.83. The standard InChI is InChI=1S/C16H17F3N4O3/c1-4-25-15-20-9(2)13(10(3)21-15)23-14(24)22-11-7-5-6-8-12(11)26-16(17,18)19/h5-8H,4H2,1-3H3,(H2,22,23,24). The van der Waals surface area contributed by atoms with E-state index in [9.17, 15) is 18.0 Å². The fourth-order valence-electron chi connectivity index (χ4n) is 2.11. The van der Waals surface area contributed by atoms with Crippen molar-refractivity contribution in [3.05, 3.63) is 35.7 Å². The number of para-hydroxylation sites is 2. The van der Waals surface area contributed by atoms with Crippen LogP contribution in [-0.4, -0.2) is 29.0 Å². The van der Waals surface area contributed by atoms with E-state index in [1.807, 2.05) is 0 Å². The first kappa shape index (κ1) is 19.3. The highest BCUT2D eigenvalue weighted by molar-refractivity contribution is 6.01. The van der Waals surface area contributed by atoms with Crippen LogP contribution in [0.5, 0.6) is 11.8 Å². The maximum absolute atomic E-state index is 12.4. The molecule has 1 heterocycles. The highest BCUT2D eigenvalue weighted by Gasteiger charge is 2.32. The van der Waals surface area contributed by atoms with Crippen LogP contribution in [0.4, 0.5) is 29.3 Å². The number of aromatic nitrogens is 2. The number of urea groups is 1. The Morgan fingerprint density at radius 2 is 1.73 bits per heavy atom. The fourth-order valence-corrected chi connectivity index (χ4v) is 2.11. The zero-order chi connectivity index (χ0) is 19.3. The van der Waals surface area contributed by atoms with Crippen LogP contribution in [0.2, 0.25) is 0 Å². The number of nitrogens with one attached hydrogen (secondary N) is 2. The summed E-state index contributed by atoms with van der Waals surface area (Å²) in [6.45, 7) is 5.47. The molecule has 7 nitrogen and oxygen atoms in total. The van der Waals surface area contributed by atoms with E-state index in [0.29, 0.717) is 23.7 Å². The Morgan fingerprint density at radius 3 is 2.31 bits per heavy atom. The molecule has 2 N–H and O–H groups in total. The lowest BCUT2D eigenvalue weighted by atomic mass is 10.3. The number of aryl methyl sites for hydroxylation is 2. The molecule has 0 atom stereocenters. The fraction of sp³-hybridized carbons (Fsp3) is 0.312. The van der Waals surface area contributed by atoms with E-state index in [4.69, 9.17) is 4.74 Å². The predicted octanol–water partition coefficient (Wildman–Crippen LogP) is 4.03. The van der Waals surface area contributed by atoms with Gasteiger partial charge in [-0.15, -0.1) is 13.2 Å². The summed E-state index contributed by atoms with van der Waals surface area (Å²) >= 11 is 0. The minimum absolute atomic E-state index is 0.135. The normalized spacial score (nSPS) is 11.0. The van der Waals surface area contributed by atoms with Gasteiger partial charge >= 0.3 is 18.4 Å². The summed E-state index contributed by atoms with van der Waals surface area (Å²) in [6.07, 6.45) is -4.87. The molecule has 0 aliphatic rings. The van der Waals surface area contributed by atoms with Gasteiger partial charge in [0.2, 0.25) is 0 Å². The van der Waals surface area contributed by atoms with Crippen molar-refractivity contribution in [2.45, 2.75) is 27.1 Å². The van der Waals surface area contributed by atoms with Crippen LogP contribution >= 0.6 is 0 Å². The van der Waals surface area contributed by atoms with E-state index in [0.717, 1.165) is 6.07 Å². The van der Waals surface area contributed by atoms with Gasteiger partial charge in [0, 0.05) is 0 Å². The van der Waals surface area contributed by atoms with E-state index in [1.54, 1.807) is 20.8 Å². The largest absolute Gasteiger partial charge is 0.573 e. The number of nitrogens with zero attached hydrogens (tertiary/aromatic N) is 2. The summed E-state index contributed by atoms with van der Waals surface area (Å²) in [5.74, 6) is -0.522. The number of hydrogen-bond donors (Lipinski definition) is 2. The van der Waals surface area contributed by atoms with Crippen molar-refractivity contribution in [3.8, 4) is 11.8 Å². The van der Waals surface area contributed by atoms with Gasteiger partial charge in [0.25, 0.3) is 0 Å². The third-order valence-electron chi connectivity index (χ3n) is 3.12. The Morgan fingerprint density at radius 1 is 1.12 bits per heavy atom. The Kier molecular flexibility index (Phi) is 5.86. The van der Waals surface area contributed by atoms with Crippen LogP contribution in [0, 0.1) is 13.8 Å². The molecule has 1 aromatic carbocycles. The second kappa shape index (κ2) is 7.89. The maximum atomic E-state index is 12.4. The quantitative estimate of drug-likeness (QED) is 0.830. The minimum Gasteiger partial charge on any atom is -0.464 e. The molecule has 26 heavy (non-hydrogen) atoms. The first-order valence-electron chi connectivity index (χ1n) is 7.60. The third kappa shape index (κ3) is 5.23. The second-order valence-electron chi connectivity index (χ2n) is 5.11. The Labute approximate surface area is 147 Å². The molecule has 0 saturated carbocycles. The summed E-state index contributed by atoms with van der Waals surface area (Å²) in [7, 11) is 0. The third-order valence-corrected chi connectivity index (χ3v) is 3.12. The van der Waals surface area contributed by atoms with Crippen molar-refractivity contribution in [1.82, 2.24) is 9.97 Å². The van der Waals surface area contributed by atoms with Gasteiger partial charge in [-0.1, -0.05) is 12.1 Å². The van der Waals surface area contributed by atoms with Gasteiger partial charge in [0.15, 0.2) is 5.75 Å². The first-order valence-corrected chi connectivity index (χ1v) is 7.60. The van der Waals surface area contributed by atoms with Gasteiger partial charge in [-0.3, -0.25) is 0 Å². The number of halogens is 3. The van der Waals surface area contributed by atoms with E-state index < -0.39 is 18.1 Å². The van der Waals surface area contributed by atoms with Gasteiger partial charge < -0.3 is 20.1 Å². The average molecular weight is 370 g/mol. The number of hydrogen-bond acceptors (Lipinski definition) is 5. The van der Waals surface area contributed by atoms with E-state index in [1.165, 1.54) is 18.2 Å². The van der Waals surface area contributed by atoms with Crippen molar-refractivity contribution < 1.29 is 27.4 Å². The molecule has 2 amide bonds. The summed E-state index contributed by atoms with van der Waals surface area (Å²) in [6, 6.07) is 4.63. The van der Waals surface area contributed by atoms with E-state index in [2.05, 4.69) is 25.3 Å². The van der Waals surface area contributed by atoms with Crippen LogP contribution in [0.25, 0.3) is 0 Å². The molecular weight excluding hydrogens is 353 g/mol. The highest BCUT2D eigenvalue weighted by Crippen LogP contribution is 2.30. The number of carbonyl (C=O) groups is 1. The van der Waals surface area contributed by atoms with Crippen LogP contribution in [0.15, 0.2) is 24.3 Å². The van der Waals surface area contributed by atoms with E-state index >= 15 is 0 Å². The number of rotatable bonds is 5. The predicted molar refractivity (Wildman–Crippen MR) is 88.4 cm³/mol. The van der Waals surface area contributed by atoms with Gasteiger partial charge in [-0.25, -0.2) is 4.79 Å². The number of carbonyl (C=O) groups excluding carboxylic acids is 1. The topological polar surface area (TPSA) is 85.4 Å². The van der Waals surface area contributed by atoms with E-state index in [-0.39, 0.29) is 11.7 Å². The molecule has 0 saturated heterocycles. The molecule has 0 unspecified atom stereocenters. The van der Waals surface area contributed by atoms with Crippen LogP contribution in [0.3, 0.4) is 0 Å². The molecule has 2 aromatic rings. The molecule has 0 bridgehead atoms. The van der Waals surface area contributed by atoms with Crippen molar-refractivity contribution in [2.75, 3.05) is 17.2 Å². The molecule has 0 spiro atoms. The zero-order valence-electron chi connectivity index (χ0n) is 14.3. The number of benzene rings is 1. The number of ether oxygens (including phenoxy) is 2. The Hall–Kier alpha value is -3.04. The molecule has 140 valence electrons. The summed E-state index contributed by atoms with van der Waals surface area (Å²) < 4.78 is 46.4. The Balaban J connectivity index is 2.15. The molecule has 0 aliphatic carbocycles. The number of anilines is 2. The first-order chi connectivity index (χ1) is 12.2. The molecular formula is C16H17F3N4O3. The van der Waals surface area contributed by atoms with Gasteiger partial charge in [0.05, 0.1) is 29.4 Å². The van der Waals surface area contributed by atoms with Crippen LogP contribution in [-0.2, 0) is 0 Å². The molecule has 0 radical (unpaired) electrons. The van der Waals surface area contributed by atoms with Crippen molar-refractivity contribution in [3.63, 3.8) is 0 Å². The summed E-state index contributed by atoms with van der Waals surface area (Å²) in [4.78, 5) is 20.4. The smallest absolute Gasteiger partial charge is 0.464 e. The molecule has 0 aliphatic heterocycles. The van der Waals surface area contributed by atoms with Crippen molar-refractivity contribution in [2.24, 2.45) is 0 Å². The van der Waals surface area contributed by atoms with Gasteiger partial charge in [0.1, 0.15) is 0 Å². The van der Waals surface area contributed by atoms with Gasteiger partial charge in [-0.2, -0.15) is 9.97 Å². The second-order valence-corrected chi connectivity index (χ2v) is 5.11. The van der Waals surface area contributed by atoms with Crippen LogP contribution < -0.4 is 20.1 Å². The zero-order valence-corrected chi connectivity index (χ0v) is 14.3. The van der Waals surface area contributed by atoms with Crippen molar-refractivity contribution >= 4 is 17.4 Å². The van der Waals surface area contributed by atoms with Gasteiger partial charge in [-0.05, 0) is 32.9 Å². The average Bonchev–Trinajstić information content (AvgIpc) is 2.52. The lowest BCUT2D eigenvalue weighted by Crippen LogP contribution is -2.23.